The lowest BCUT2D eigenvalue weighted by Gasteiger charge is -2.23. The fourth-order valence-corrected chi connectivity index (χ4v) is 3.30. The predicted octanol–water partition coefficient (Wildman–Crippen LogP) is 11.0. The Hall–Kier alpha value is -2.55. The van der Waals surface area contributed by atoms with E-state index in [1.165, 1.54) is 38.0 Å². The Balaban J connectivity index is 5.00. The van der Waals surface area contributed by atoms with Crippen molar-refractivity contribution in [3.8, 4) is 0 Å². The van der Waals surface area contributed by atoms with Crippen molar-refractivity contribution in [2.45, 2.75) is 67.2 Å². The number of allylic oxidation sites excluding steroid dienone is 12. The van der Waals surface area contributed by atoms with Gasteiger partial charge in [-0.25, -0.2) is 13.2 Å². The predicted molar refractivity (Wildman–Crippen MR) is 149 cm³/mol. The van der Waals surface area contributed by atoms with E-state index in [-0.39, 0.29) is 22.6 Å². The molecule has 0 nitrogen and oxygen atoms in total. The number of halogens is 3. The van der Waals surface area contributed by atoms with E-state index in [1.54, 1.807) is 0 Å². The molecule has 0 spiro atoms. The van der Waals surface area contributed by atoms with Gasteiger partial charge in [-0.15, -0.1) is 0 Å². The number of hydrogen-bond donors (Lipinski definition) is 0. The molecular formula is C32H45F3. The average molecular weight is 487 g/mol. The first-order valence-corrected chi connectivity index (χ1v) is 12.3. The molecule has 3 atom stereocenters. The molecule has 35 heavy (non-hydrogen) atoms. The quantitative estimate of drug-likeness (QED) is 0.190. The topological polar surface area (TPSA) is 0 Å². The molecule has 0 radical (unpaired) electrons. The van der Waals surface area contributed by atoms with Gasteiger partial charge in [-0.05, 0) is 77.4 Å². The highest BCUT2D eigenvalue weighted by molar-refractivity contribution is 5.53. The highest BCUT2D eigenvalue weighted by atomic mass is 19.2. The minimum atomic E-state index is -1.11. The van der Waals surface area contributed by atoms with Crippen molar-refractivity contribution in [1.29, 1.82) is 0 Å². The second kappa shape index (κ2) is 15.4. The van der Waals surface area contributed by atoms with Crippen molar-refractivity contribution in [1.82, 2.24) is 0 Å². The van der Waals surface area contributed by atoms with Crippen molar-refractivity contribution < 1.29 is 13.2 Å². The van der Waals surface area contributed by atoms with E-state index in [0.717, 1.165) is 12.8 Å². The van der Waals surface area contributed by atoms with Gasteiger partial charge >= 0.3 is 0 Å². The molecule has 0 aromatic heterocycles. The molecule has 194 valence electrons. The minimum absolute atomic E-state index is 0.00341. The smallest absolute Gasteiger partial charge is 0.166 e. The lowest BCUT2D eigenvalue weighted by atomic mass is 9.83. The molecule has 0 aromatic rings. The van der Waals surface area contributed by atoms with Gasteiger partial charge in [-0.3, -0.25) is 0 Å². The Morgan fingerprint density at radius 1 is 0.657 bits per heavy atom. The molecule has 0 aliphatic heterocycles. The second-order valence-electron chi connectivity index (χ2n) is 10.2. The highest BCUT2D eigenvalue weighted by Crippen LogP contribution is 2.30. The summed E-state index contributed by atoms with van der Waals surface area (Å²) in [6, 6.07) is 0. The number of hydrogen-bond acceptors (Lipinski definition) is 0. The van der Waals surface area contributed by atoms with Crippen molar-refractivity contribution in [3.05, 3.63) is 109 Å². The third-order valence-electron chi connectivity index (χ3n) is 6.55. The van der Waals surface area contributed by atoms with Crippen LogP contribution in [-0.4, -0.2) is 0 Å². The molecule has 0 aliphatic rings. The maximum atomic E-state index is 14.8. The first kappa shape index (κ1) is 32.5. The van der Waals surface area contributed by atoms with Crippen molar-refractivity contribution in [3.63, 3.8) is 0 Å². The third-order valence-corrected chi connectivity index (χ3v) is 6.55. The minimum Gasteiger partial charge on any atom is -0.207 e. The fourth-order valence-electron chi connectivity index (χ4n) is 3.30. The SMILES string of the molecule is C=C(/C=C\C(=C)C(=C)/C(F)=C(/F)C(=C)C)C(=C)/C=C(/F)C(=C)C(C)CCC(C)C(C)CCC(C)C. The molecule has 0 aromatic carbocycles. The number of rotatable bonds is 16. The van der Waals surface area contributed by atoms with Gasteiger partial charge in [0.1, 0.15) is 5.83 Å². The fraction of sp³-hybridized carbons (Fsp3) is 0.438. The van der Waals surface area contributed by atoms with Crippen LogP contribution in [0.5, 0.6) is 0 Å². The summed E-state index contributed by atoms with van der Waals surface area (Å²) in [5.74, 6) is -0.689. The molecule has 0 rings (SSSR count). The van der Waals surface area contributed by atoms with E-state index in [2.05, 4.69) is 67.2 Å². The van der Waals surface area contributed by atoms with Gasteiger partial charge in [-0.1, -0.05) is 99.1 Å². The lowest BCUT2D eigenvalue weighted by molar-refractivity contribution is 0.305. The molecule has 0 fully saturated rings. The summed E-state index contributed by atoms with van der Waals surface area (Å²) < 4.78 is 42.7. The molecule has 0 saturated carbocycles. The van der Waals surface area contributed by atoms with E-state index in [4.69, 9.17) is 0 Å². The summed E-state index contributed by atoms with van der Waals surface area (Å²) >= 11 is 0. The molecule has 0 saturated heterocycles. The van der Waals surface area contributed by atoms with Gasteiger partial charge in [-0.2, -0.15) is 0 Å². The van der Waals surface area contributed by atoms with Crippen LogP contribution in [0.4, 0.5) is 13.2 Å². The summed E-state index contributed by atoms with van der Waals surface area (Å²) in [5, 5.41) is 0. The lowest BCUT2D eigenvalue weighted by Crippen LogP contribution is -2.11. The summed E-state index contributed by atoms with van der Waals surface area (Å²) in [4.78, 5) is 0. The van der Waals surface area contributed by atoms with E-state index in [0.29, 0.717) is 34.5 Å². The van der Waals surface area contributed by atoms with Crippen LogP contribution in [0.15, 0.2) is 109 Å². The zero-order valence-electron chi connectivity index (χ0n) is 22.7. The van der Waals surface area contributed by atoms with Crippen LogP contribution in [-0.2, 0) is 0 Å². The van der Waals surface area contributed by atoms with Gasteiger partial charge in [0.05, 0.1) is 0 Å². The largest absolute Gasteiger partial charge is 0.207 e. The molecule has 0 bridgehead atoms. The summed E-state index contributed by atoms with van der Waals surface area (Å²) in [7, 11) is 0. The van der Waals surface area contributed by atoms with Gasteiger partial charge in [0.15, 0.2) is 11.7 Å². The maximum Gasteiger partial charge on any atom is 0.166 e. The van der Waals surface area contributed by atoms with Gasteiger partial charge < -0.3 is 0 Å². The Labute approximate surface area is 212 Å². The van der Waals surface area contributed by atoms with Gasteiger partial charge in [0, 0.05) is 5.57 Å². The summed E-state index contributed by atoms with van der Waals surface area (Å²) in [6.45, 7) is 34.7. The summed E-state index contributed by atoms with van der Waals surface area (Å²) in [6.07, 6.45) is 8.57. The van der Waals surface area contributed by atoms with Crippen LogP contribution in [0.2, 0.25) is 0 Å². The molecule has 0 N–H and O–H groups in total. The Morgan fingerprint density at radius 2 is 1.14 bits per heavy atom. The molecule has 3 unspecified atom stereocenters. The van der Waals surface area contributed by atoms with Crippen LogP contribution >= 0.6 is 0 Å². The normalized spacial score (nSPS) is 15.4. The van der Waals surface area contributed by atoms with Crippen LogP contribution in [0, 0.1) is 23.7 Å². The monoisotopic (exact) mass is 486 g/mol. The Morgan fingerprint density at radius 3 is 1.63 bits per heavy atom. The van der Waals surface area contributed by atoms with Crippen LogP contribution in [0.3, 0.4) is 0 Å². The Kier molecular flexibility index (Phi) is 14.3. The second-order valence-corrected chi connectivity index (χ2v) is 10.2. The molecular weight excluding hydrogens is 441 g/mol. The zero-order valence-corrected chi connectivity index (χ0v) is 22.7. The van der Waals surface area contributed by atoms with E-state index in [1.807, 2.05) is 6.92 Å². The summed E-state index contributed by atoms with van der Waals surface area (Å²) in [5.41, 5.74) is 1.12. The molecule has 0 amide bonds. The first-order chi connectivity index (χ1) is 16.1. The average Bonchev–Trinajstić information content (AvgIpc) is 2.81. The van der Waals surface area contributed by atoms with E-state index in [9.17, 15) is 13.2 Å². The van der Waals surface area contributed by atoms with Crippen LogP contribution in [0.1, 0.15) is 67.2 Å². The van der Waals surface area contributed by atoms with E-state index >= 15 is 0 Å². The Bertz CT molecular complexity index is 920. The van der Waals surface area contributed by atoms with Crippen molar-refractivity contribution >= 4 is 0 Å². The first-order valence-electron chi connectivity index (χ1n) is 12.3. The zero-order chi connectivity index (χ0) is 27.5. The highest BCUT2D eigenvalue weighted by Gasteiger charge is 2.17. The molecule has 3 heteroatoms. The molecule has 0 heterocycles. The maximum absolute atomic E-state index is 14.8. The van der Waals surface area contributed by atoms with Gasteiger partial charge in [0.2, 0.25) is 0 Å². The van der Waals surface area contributed by atoms with E-state index < -0.39 is 17.5 Å². The molecule has 0 aliphatic carbocycles. The van der Waals surface area contributed by atoms with Crippen LogP contribution in [0.25, 0.3) is 0 Å². The standard InChI is InChI=1S/C32H45F3/c1-20(2)13-14-22(5)23(6)15-17-25(8)28(11)30(33)19-27(10)24(7)16-18-26(9)29(12)32(35)31(34)21(3)4/h16,18-20,22-23,25H,3,7,9-15,17H2,1-2,4-6,8H3/b18-16-,30-19+,32-31-. The van der Waals surface area contributed by atoms with Crippen molar-refractivity contribution in [2.75, 3.05) is 0 Å². The van der Waals surface area contributed by atoms with Crippen LogP contribution < -0.4 is 0 Å². The van der Waals surface area contributed by atoms with Gasteiger partial charge in [0.25, 0.3) is 0 Å². The third kappa shape index (κ3) is 11.6. The van der Waals surface area contributed by atoms with Crippen molar-refractivity contribution in [2.24, 2.45) is 23.7 Å².